The number of halogens is 2. The number of aromatic carboxylic acids is 1. The van der Waals surface area contributed by atoms with Crippen molar-refractivity contribution >= 4 is 51.5 Å². The quantitative estimate of drug-likeness (QED) is 0.528. The van der Waals surface area contributed by atoms with Gasteiger partial charge in [-0.2, -0.15) is 0 Å². The number of aromatic nitrogens is 2. The van der Waals surface area contributed by atoms with Gasteiger partial charge in [0.05, 0.1) is 15.7 Å². The van der Waals surface area contributed by atoms with Crippen molar-refractivity contribution in [2.45, 2.75) is 26.3 Å². The summed E-state index contributed by atoms with van der Waals surface area (Å²) in [4.78, 5) is 33.7. The highest BCUT2D eigenvalue weighted by molar-refractivity contribution is 7.17. The fourth-order valence-electron chi connectivity index (χ4n) is 3.55. The Morgan fingerprint density at radius 2 is 2.07 bits per heavy atom. The molecule has 4 N–H and O–H groups in total. The summed E-state index contributed by atoms with van der Waals surface area (Å²) in [6.07, 6.45) is 0.699. The summed E-state index contributed by atoms with van der Waals surface area (Å²) in [5, 5.41) is 16.8. The van der Waals surface area contributed by atoms with Crippen molar-refractivity contribution in [3.63, 3.8) is 0 Å². The summed E-state index contributed by atoms with van der Waals surface area (Å²) in [7, 11) is 1.86. The number of amides is 1. The number of aromatic amines is 1. The standard InChI is InChI=1S/C18H23Cl2N5O3S/c1-8-12(19)13(20)14(22-8)16(26)24-11-4-5-25(7-10(11)6-21-3)18-23-9(2)15(29-18)17(27)28/h10-11,21-22H,4-7H2,1-3H3,(H,24,26)(H,27,28). The third kappa shape index (κ3) is 4.53. The molecule has 1 aliphatic heterocycles. The molecule has 2 atom stereocenters. The Morgan fingerprint density at radius 1 is 1.34 bits per heavy atom. The van der Waals surface area contributed by atoms with Crippen LogP contribution in [0.2, 0.25) is 10.0 Å². The molecule has 0 radical (unpaired) electrons. The van der Waals surface area contributed by atoms with Crippen LogP contribution in [0, 0.1) is 19.8 Å². The van der Waals surface area contributed by atoms with Crippen LogP contribution in [0.4, 0.5) is 5.13 Å². The van der Waals surface area contributed by atoms with Crippen molar-refractivity contribution in [2.75, 3.05) is 31.6 Å². The Hall–Kier alpha value is -1.81. The highest BCUT2D eigenvalue weighted by Gasteiger charge is 2.33. The molecule has 0 aromatic carbocycles. The number of H-pyrrole nitrogens is 1. The highest BCUT2D eigenvalue weighted by Crippen LogP contribution is 2.31. The molecule has 1 saturated heterocycles. The van der Waals surface area contributed by atoms with E-state index in [1.807, 2.05) is 7.05 Å². The number of carbonyl (C=O) groups is 2. The van der Waals surface area contributed by atoms with Crippen molar-refractivity contribution in [3.05, 3.63) is 32.0 Å². The van der Waals surface area contributed by atoms with Gasteiger partial charge in [0.1, 0.15) is 10.6 Å². The van der Waals surface area contributed by atoms with Crippen molar-refractivity contribution < 1.29 is 14.7 Å². The zero-order valence-corrected chi connectivity index (χ0v) is 18.6. The molecule has 8 nitrogen and oxygen atoms in total. The Kier molecular flexibility index (Phi) is 6.72. The number of anilines is 1. The number of aryl methyl sites for hydroxylation is 2. The second-order valence-electron chi connectivity index (χ2n) is 7.10. The van der Waals surface area contributed by atoms with Gasteiger partial charge in [0.25, 0.3) is 5.91 Å². The number of hydrogen-bond donors (Lipinski definition) is 4. The van der Waals surface area contributed by atoms with Crippen molar-refractivity contribution in [3.8, 4) is 0 Å². The van der Waals surface area contributed by atoms with E-state index in [9.17, 15) is 14.7 Å². The minimum absolute atomic E-state index is 0.0651. The van der Waals surface area contributed by atoms with Gasteiger partial charge in [0.2, 0.25) is 0 Å². The molecule has 158 valence electrons. The lowest BCUT2D eigenvalue weighted by Gasteiger charge is -2.38. The van der Waals surface area contributed by atoms with Gasteiger partial charge in [-0.15, -0.1) is 0 Å². The van der Waals surface area contributed by atoms with Crippen LogP contribution in [0.1, 0.15) is 38.0 Å². The van der Waals surface area contributed by atoms with Crippen LogP contribution in [-0.2, 0) is 0 Å². The van der Waals surface area contributed by atoms with E-state index in [4.69, 9.17) is 23.2 Å². The van der Waals surface area contributed by atoms with E-state index in [1.54, 1.807) is 13.8 Å². The number of nitrogens with zero attached hydrogens (tertiary/aromatic N) is 2. The largest absolute Gasteiger partial charge is 0.477 e. The zero-order valence-electron chi connectivity index (χ0n) is 16.3. The predicted molar refractivity (Wildman–Crippen MR) is 115 cm³/mol. The molecule has 0 spiro atoms. The molecule has 29 heavy (non-hydrogen) atoms. The van der Waals surface area contributed by atoms with Crippen molar-refractivity contribution in [2.24, 2.45) is 5.92 Å². The molecule has 1 amide bonds. The number of piperidine rings is 1. The first-order chi connectivity index (χ1) is 13.7. The first-order valence-electron chi connectivity index (χ1n) is 9.17. The lowest BCUT2D eigenvalue weighted by atomic mass is 9.92. The molecule has 2 aromatic rings. The number of carboxylic acid groups (broad SMARTS) is 1. The number of rotatable bonds is 6. The van der Waals surface area contributed by atoms with Crippen LogP contribution in [0.5, 0.6) is 0 Å². The Morgan fingerprint density at radius 3 is 2.62 bits per heavy atom. The minimum atomic E-state index is -0.961. The fourth-order valence-corrected chi connectivity index (χ4v) is 4.91. The first-order valence-corrected chi connectivity index (χ1v) is 10.7. The third-order valence-electron chi connectivity index (χ3n) is 5.05. The van der Waals surface area contributed by atoms with Crippen LogP contribution >= 0.6 is 34.5 Å². The predicted octanol–water partition coefficient (Wildman–Crippen LogP) is 2.94. The number of nitrogens with one attached hydrogen (secondary N) is 3. The monoisotopic (exact) mass is 459 g/mol. The first kappa shape index (κ1) is 21.9. The van der Waals surface area contributed by atoms with Gasteiger partial charge in [-0.1, -0.05) is 34.5 Å². The van der Waals surface area contributed by atoms with Crippen LogP contribution in [0.25, 0.3) is 0 Å². The van der Waals surface area contributed by atoms with Crippen molar-refractivity contribution in [1.29, 1.82) is 0 Å². The minimum Gasteiger partial charge on any atom is -0.477 e. The smallest absolute Gasteiger partial charge is 0.347 e. The Balaban J connectivity index is 1.73. The molecular formula is C18H23Cl2N5O3S. The second kappa shape index (κ2) is 8.91. The Bertz CT molecular complexity index is 929. The number of carboxylic acids is 1. The second-order valence-corrected chi connectivity index (χ2v) is 8.83. The van der Waals surface area contributed by atoms with Gasteiger partial charge >= 0.3 is 5.97 Å². The average molecular weight is 460 g/mol. The van der Waals surface area contributed by atoms with Crippen LogP contribution in [0.15, 0.2) is 0 Å². The number of carbonyl (C=O) groups excluding carboxylic acids is 1. The van der Waals surface area contributed by atoms with E-state index < -0.39 is 5.97 Å². The molecule has 3 rings (SSSR count). The molecule has 3 heterocycles. The summed E-state index contributed by atoms with van der Waals surface area (Å²) in [5.74, 6) is -1.14. The average Bonchev–Trinajstić information content (AvgIpc) is 3.18. The van der Waals surface area contributed by atoms with E-state index >= 15 is 0 Å². The third-order valence-corrected chi connectivity index (χ3v) is 7.20. The van der Waals surface area contributed by atoms with Gasteiger partial charge in [0.15, 0.2) is 5.13 Å². The van der Waals surface area contributed by atoms with Gasteiger partial charge in [-0.25, -0.2) is 9.78 Å². The maximum Gasteiger partial charge on any atom is 0.347 e. The highest BCUT2D eigenvalue weighted by atomic mass is 35.5. The van der Waals surface area contributed by atoms with Crippen LogP contribution < -0.4 is 15.5 Å². The number of hydrogen-bond acceptors (Lipinski definition) is 6. The van der Waals surface area contributed by atoms with E-state index in [1.165, 1.54) is 11.3 Å². The van der Waals surface area contributed by atoms with Gasteiger partial charge < -0.3 is 25.6 Å². The summed E-state index contributed by atoms with van der Waals surface area (Å²) < 4.78 is 0. The van der Waals surface area contributed by atoms with Crippen LogP contribution in [0.3, 0.4) is 0 Å². The fraction of sp³-hybridized carbons (Fsp3) is 0.500. The number of thiazole rings is 1. The van der Waals surface area contributed by atoms with Crippen molar-refractivity contribution in [1.82, 2.24) is 20.6 Å². The van der Waals surface area contributed by atoms with Crippen LogP contribution in [-0.4, -0.2) is 59.7 Å². The summed E-state index contributed by atoms with van der Waals surface area (Å²) in [6, 6.07) is -0.0651. The van der Waals surface area contributed by atoms with Gasteiger partial charge in [0, 0.05) is 37.3 Å². The van der Waals surface area contributed by atoms with E-state index in [2.05, 4.69) is 25.5 Å². The molecule has 2 aromatic heterocycles. The maximum atomic E-state index is 12.7. The SMILES string of the molecule is CNCC1CN(c2nc(C)c(C(=O)O)s2)CCC1NC(=O)c1[nH]c(C)c(Cl)c1Cl. The van der Waals surface area contributed by atoms with Gasteiger partial charge in [-0.05, 0) is 27.3 Å². The molecule has 11 heteroatoms. The molecule has 0 bridgehead atoms. The molecular weight excluding hydrogens is 437 g/mol. The summed E-state index contributed by atoms with van der Waals surface area (Å²) >= 11 is 13.4. The molecule has 0 aliphatic carbocycles. The van der Waals surface area contributed by atoms with E-state index in [0.29, 0.717) is 47.6 Å². The molecule has 1 aliphatic rings. The summed E-state index contributed by atoms with van der Waals surface area (Å²) in [5.41, 5.74) is 1.44. The lowest BCUT2D eigenvalue weighted by molar-refractivity contribution is 0.0700. The van der Waals surface area contributed by atoms with E-state index in [-0.39, 0.29) is 33.5 Å². The Labute approximate surface area is 182 Å². The van der Waals surface area contributed by atoms with Gasteiger partial charge in [-0.3, -0.25) is 4.79 Å². The lowest BCUT2D eigenvalue weighted by Crippen LogP contribution is -2.53. The summed E-state index contributed by atoms with van der Waals surface area (Å²) in [6.45, 7) is 5.46. The normalized spacial score (nSPS) is 19.4. The zero-order chi connectivity index (χ0) is 21.3. The molecule has 2 unspecified atom stereocenters. The molecule has 1 fully saturated rings. The maximum absolute atomic E-state index is 12.7. The van der Waals surface area contributed by atoms with E-state index in [0.717, 1.165) is 0 Å². The topological polar surface area (TPSA) is 110 Å². The molecule has 0 saturated carbocycles.